The number of carbonyl (C=O) groups is 5. The van der Waals surface area contributed by atoms with Crippen LogP contribution in [0.15, 0.2) is 4.99 Å². The summed E-state index contributed by atoms with van der Waals surface area (Å²) in [6.07, 6.45) is -2.07. The van der Waals surface area contributed by atoms with Gasteiger partial charge in [0.25, 0.3) is 0 Å². The van der Waals surface area contributed by atoms with Gasteiger partial charge in [-0.25, -0.2) is 4.79 Å². The molecule has 0 rings (SSSR count). The molecule has 3 amide bonds. The molecule has 0 aliphatic carbocycles. The van der Waals surface area contributed by atoms with Crippen LogP contribution in [0.1, 0.15) is 39.5 Å². The molecule has 0 radical (unpaired) electrons. The van der Waals surface area contributed by atoms with Crippen molar-refractivity contribution in [3.63, 3.8) is 0 Å². The molecule has 0 saturated carbocycles. The molecule has 0 spiro atoms. The number of nitrogens with zero attached hydrogens (tertiary/aromatic N) is 1. The maximum atomic E-state index is 12.7. The Morgan fingerprint density at radius 2 is 1.45 bits per heavy atom. The van der Waals surface area contributed by atoms with E-state index < -0.39 is 66.4 Å². The number of aliphatic hydroxyl groups is 1. The quantitative estimate of drug-likeness (QED) is 0.0628. The number of aliphatic hydroxyl groups excluding tert-OH is 1. The molecule has 33 heavy (non-hydrogen) atoms. The zero-order chi connectivity index (χ0) is 25.7. The first-order chi connectivity index (χ1) is 15.3. The Morgan fingerprint density at radius 1 is 0.879 bits per heavy atom. The zero-order valence-electron chi connectivity index (χ0n) is 18.5. The average Bonchev–Trinajstić information content (AvgIpc) is 2.69. The predicted molar refractivity (Wildman–Crippen MR) is 116 cm³/mol. The van der Waals surface area contributed by atoms with E-state index in [1.54, 1.807) is 0 Å². The maximum absolute atomic E-state index is 12.7. The molecule has 0 aromatic carbocycles. The van der Waals surface area contributed by atoms with Crippen molar-refractivity contribution in [2.45, 2.75) is 69.8 Å². The van der Waals surface area contributed by atoms with Gasteiger partial charge in [-0.05, 0) is 33.1 Å². The molecule has 5 atom stereocenters. The van der Waals surface area contributed by atoms with Gasteiger partial charge >= 0.3 is 11.9 Å². The van der Waals surface area contributed by atoms with Crippen LogP contribution in [0.4, 0.5) is 0 Å². The third kappa shape index (κ3) is 12.2. The third-order valence-electron chi connectivity index (χ3n) is 4.32. The predicted octanol–water partition coefficient (Wildman–Crippen LogP) is -3.83. The Hall–Kier alpha value is -3.46. The largest absolute Gasteiger partial charge is 0.481 e. The normalized spacial score (nSPS) is 15.2. The topological polar surface area (TPSA) is 273 Å². The lowest BCUT2D eigenvalue weighted by Gasteiger charge is -2.26. The number of rotatable bonds is 15. The van der Waals surface area contributed by atoms with Crippen molar-refractivity contribution < 1.29 is 39.3 Å². The van der Waals surface area contributed by atoms with E-state index in [-0.39, 0.29) is 31.8 Å². The second kappa shape index (κ2) is 14.6. The number of aliphatic imine (C=N–C) groups is 1. The number of nitrogens with one attached hydrogen (secondary N) is 3. The van der Waals surface area contributed by atoms with Gasteiger partial charge in [0.2, 0.25) is 17.7 Å². The molecule has 0 aliphatic rings. The summed E-state index contributed by atoms with van der Waals surface area (Å²) in [4.78, 5) is 63.1. The molecule has 0 aromatic rings. The van der Waals surface area contributed by atoms with Gasteiger partial charge in [-0.15, -0.1) is 0 Å². The van der Waals surface area contributed by atoms with Crippen LogP contribution < -0.4 is 33.2 Å². The second-order valence-corrected chi connectivity index (χ2v) is 7.36. The number of nitrogens with two attached hydrogens (primary N) is 3. The van der Waals surface area contributed by atoms with Gasteiger partial charge in [0.1, 0.15) is 18.1 Å². The van der Waals surface area contributed by atoms with E-state index >= 15 is 0 Å². The van der Waals surface area contributed by atoms with Crippen molar-refractivity contribution in [1.29, 1.82) is 0 Å². The molecule has 188 valence electrons. The highest BCUT2D eigenvalue weighted by atomic mass is 16.4. The number of hydrogen-bond acceptors (Lipinski definition) is 8. The van der Waals surface area contributed by atoms with Crippen molar-refractivity contribution in [3.8, 4) is 0 Å². The first kappa shape index (κ1) is 29.5. The van der Waals surface area contributed by atoms with Gasteiger partial charge in [0, 0.05) is 13.0 Å². The molecular weight excluding hydrogens is 442 g/mol. The lowest BCUT2D eigenvalue weighted by Crippen LogP contribution is -2.59. The second-order valence-electron chi connectivity index (χ2n) is 7.36. The SMILES string of the molecule is CC(N)C(=O)NC(C(=O)NC(CCCN=C(N)N)C(=O)NC(CCC(=O)O)C(=O)O)C(C)O. The summed E-state index contributed by atoms with van der Waals surface area (Å²) in [5.74, 6) is -5.44. The smallest absolute Gasteiger partial charge is 0.326 e. The number of amides is 3. The molecule has 0 saturated heterocycles. The lowest BCUT2D eigenvalue weighted by molar-refractivity contribution is -0.143. The van der Waals surface area contributed by atoms with Crippen molar-refractivity contribution in [2.24, 2.45) is 22.2 Å². The van der Waals surface area contributed by atoms with Gasteiger partial charge in [-0.1, -0.05) is 0 Å². The lowest BCUT2D eigenvalue weighted by atomic mass is 10.1. The van der Waals surface area contributed by atoms with E-state index in [9.17, 15) is 34.2 Å². The van der Waals surface area contributed by atoms with Gasteiger partial charge in [-0.2, -0.15) is 0 Å². The average molecular weight is 476 g/mol. The van der Waals surface area contributed by atoms with Crippen LogP contribution in [-0.4, -0.2) is 87.8 Å². The van der Waals surface area contributed by atoms with E-state index in [0.29, 0.717) is 0 Å². The maximum Gasteiger partial charge on any atom is 0.326 e. The Balaban J connectivity index is 5.51. The van der Waals surface area contributed by atoms with Gasteiger partial charge in [0.05, 0.1) is 12.1 Å². The molecule has 15 nitrogen and oxygen atoms in total. The molecule has 0 heterocycles. The summed E-state index contributed by atoms with van der Waals surface area (Å²) in [5, 5.41) is 34.7. The Bertz CT molecular complexity index is 737. The minimum atomic E-state index is -1.52. The summed E-state index contributed by atoms with van der Waals surface area (Å²) >= 11 is 0. The number of hydrogen-bond donors (Lipinski definition) is 9. The highest BCUT2D eigenvalue weighted by molar-refractivity contribution is 5.94. The zero-order valence-corrected chi connectivity index (χ0v) is 18.5. The highest BCUT2D eigenvalue weighted by Gasteiger charge is 2.31. The monoisotopic (exact) mass is 475 g/mol. The summed E-state index contributed by atoms with van der Waals surface area (Å²) in [5.41, 5.74) is 15.9. The standard InChI is InChI=1S/C18H33N7O8/c1-8(19)14(29)25-13(9(2)26)16(31)23-10(4-3-7-22-18(20)21)15(30)24-11(17(32)33)5-6-12(27)28/h8-11,13,26H,3-7,19H2,1-2H3,(H,23,31)(H,24,30)(H,25,29)(H,27,28)(H,32,33)(H4,20,21,22). The number of carboxylic acid groups (broad SMARTS) is 2. The van der Waals surface area contributed by atoms with Gasteiger partial charge in [0.15, 0.2) is 5.96 Å². The first-order valence-electron chi connectivity index (χ1n) is 10.1. The minimum absolute atomic E-state index is 0.0343. The highest BCUT2D eigenvalue weighted by Crippen LogP contribution is 2.05. The molecule has 12 N–H and O–H groups in total. The summed E-state index contributed by atoms with van der Waals surface area (Å²) < 4.78 is 0. The Morgan fingerprint density at radius 3 is 1.91 bits per heavy atom. The minimum Gasteiger partial charge on any atom is -0.481 e. The van der Waals surface area contributed by atoms with E-state index in [1.165, 1.54) is 13.8 Å². The molecule has 0 bridgehead atoms. The number of guanidine groups is 1. The Kier molecular flexibility index (Phi) is 13.0. The van der Waals surface area contributed by atoms with Gasteiger partial charge in [-0.3, -0.25) is 24.2 Å². The van der Waals surface area contributed by atoms with E-state index in [4.69, 9.17) is 22.3 Å². The fourth-order valence-electron chi connectivity index (χ4n) is 2.52. The van der Waals surface area contributed by atoms with Crippen LogP contribution in [0, 0.1) is 0 Å². The molecule has 0 aliphatic heterocycles. The summed E-state index contributed by atoms with van der Waals surface area (Å²) in [6, 6.07) is -5.23. The summed E-state index contributed by atoms with van der Waals surface area (Å²) in [6.45, 7) is 2.71. The molecule has 15 heteroatoms. The van der Waals surface area contributed by atoms with Gasteiger partial charge < -0.3 is 48.5 Å². The Labute approximate surface area is 190 Å². The van der Waals surface area contributed by atoms with Crippen LogP contribution in [0.3, 0.4) is 0 Å². The van der Waals surface area contributed by atoms with Crippen LogP contribution in [-0.2, 0) is 24.0 Å². The molecule has 5 unspecified atom stereocenters. The first-order valence-corrected chi connectivity index (χ1v) is 10.1. The van der Waals surface area contributed by atoms with Crippen molar-refractivity contribution >= 4 is 35.6 Å². The van der Waals surface area contributed by atoms with E-state index in [2.05, 4.69) is 20.9 Å². The number of carboxylic acids is 2. The fraction of sp³-hybridized carbons (Fsp3) is 0.667. The molecule has 0 fully saturated rings. The number of aliphatic carboxylic acids is 2. The van der Waals surface area contributed by atoms with E-state index in [1.807, 2.05) is 0 Å². The van der Waals surface area contributed by atoms with Crippen molar-refractivity contribution in [3.05, 3.63) is 0 Å². The number of carbonyl (C=O) groups excluding carboxylic acids is 3. The molecular formula is C18H33N7O8. The fourth-order valence-corrected chi connectivity index (χ4v) is 2.52. The van der Waals surface area contributed by atoms with E-state index in [0.717, 1.165) is 0 Å². The van der Waals surface area contributed by atoms with Crippen LogP contribution in [0.2, 0.25) is 0 Å². The van der Waals surface area contributed by atoms with Crippen molar-refractivity contribution in [1.82, 2.24) is 16.0 Å². The molecule has 0 aromatic heterocycles. The summed E-state index contributed by atoms with van der Waals surface area (Å²) in [7, 11) is 0. The van der Waals surface area contributed by atoms with Crippen LogP contribution >= 0.6 is 0 Å². The van der Waals surface area contributed by atoms with Crippen LogP contribution in [0.5, 0.6) is 0 Å². The third-order valence-corrected chi connectivity index (χ3v) is 4.32. The van der Waals surface area contributed by atoms with Crippen molar-refractivity contribution in [2.75, 3.05) is 6.54 Å². The van der Waals surface area contributed by atoms with Crippen LogP contribution in [0.25, 0.3) is 0 Å².